The van der Waals surface area contributed by atoms with Crippen LogP contribution in [0.2, 0.25) is 0 Å². The van der Waals surface area contributed by atoms with Crippen LogP contribution in [-0.2, 0) is 4.79 Å². The van der Waals surface area contributed by atoms with Crippen molar-refractivity contribution in [2.45, 2.75) is 19.8 Å². The summed E-state index contributed by atoms with van der Waals surface area (Å²) in [6.07, 6.45) is 3.42. The van der Waals surface area contributed by atoms with Crippen molar-refractivity contribution >= 4 is 17.7 Å². The zero-order valence-electron chi connectivity index (χ0n) is 16.5. The number of benzene rings is 1. The van der Waals surface area contributed by atoms with Crippen LogP contribution in [0.1, 0.15) is 18.4 Å². The van der Waals surface area contributed by atoms with Gasteiger partial charge in [-0.15, -0.1) is 0 Å². The number of anilines is 2. The second kappa shape index (κ2) is 8.30. The maximum atomic E-state index is 12.7. The molecule has 1 N–H and O–H groups in total. The summed E-state index contributed by atoms with van der Waals surface area (Å²) in [6, 6.07) is 11.7. The zero-order valence-corrected chi connectivity index (χ0v) is 16.5. The van der Waals surface area contributed by atoms with Gasteiger partial charge in [0, 0.05) is 24.8 Å². The summed E-state index contributed by atoms with van der Waals surface area (Å²) in [6.45, 7) is 3.26. The molecule has 1 amide bonds. The van der Waals surface area contributed by atoms with Crippen molar-refractivity contribution in [3.05, 3.63) is 48.2 Å². The number of pyridine rings is 1. The first-order chi connectivity index (χ1) is 14.1. The maximum Gasteiger partial charge on any atom is 0.324 e. The van der Waals surface area contributed by atoms with Crippen LogP contribution in [-0.4, -0.2) is 41.2 Å². The largest absolute Gasteiger partial charge is 0.497 e. The van der Waals surface area contributed by atoms with Crippen molar-refractivity contribution in [3.8, 4) is 17.1 Å². The van der Waals surface area contributed by atoms with Gasteiger partial charge in [0.25, 0.3) is 0 Å². The summed E-state index contributed by atoms with van der Waals surface area (Å²) in [4.78, 5) is 23.4. The predicted molar refractivity (Wildman–Crippen MR) is 109 cm³/mol. The van der Waals surface area contributed by atoms with E-state index in [0.717, 1.165) is 36.3 Å². The van der Waals surface area contributed by atoms with Gasteiger partial charge in [-0.25, -0.2) is 4.98 Å². The number of nitrogens with zero attached hydrogens (tertiary/aromatic N) is 4. The Morgan fingerprint density at radius 1 is 1.31 bits per heavy atom. The summed E-state index contributed by atoms with van der Waals surface area (Å²) in [7, 11) is 1.62. The first kappa shape index (κ1) is 18.9. The van der Waals surface area contributed by atoms with Gasteiger partial charge in [-0.1, -0.05) is 23.4 Å². The molecule has 0 saturated carbocycles. The van der Waals surface area contributed by atoms with Crippen LogP contribution in [0.15, 0.2) is 47.1 Å². The fourth-order valence-electron chi connectivity index (χ4n) is 3.36. The summed E-state index contributed by atoms with van der Waals surface area (Å²) >= 11 is 0. The molecule has 3 aromatic rings. The molecular weight excluding hydrogens is 370 g/mol. The van der Waals surface area contributed by atoms with Crippen molar-refractivity contribution in [1.82, 2.24) is 15.1 Å². The Balaban J connectivity index is 1.43. The lowest BCUT2D eigenvalue weighted by Crippen LogP contribution is -2.41. The molecule has 4 rings (SSSR count). The number of ether oxygens (including phenoxy) is 1. The molecular formula is C21H23N5O3. The Morgan fingerprint density at radius 3 is 3.00 bits per heavy atom. The van der Waals surface area contributed by atoms with E-state index < -0.39 is 0 Å². The second-order valence-electron chi connectivity index (χ2n) is 7.13. The SMILES string of the molecule is COc1cccc(-c2noc(N3CCCC(C(=O)Nc4ccc(C)cn4)C3)n2)c1. The molecule has 150 valence electrons. The molecule has 8 nitrogen and oxygen atoms in total. The third-order valence-corrected chi connectivity index (χ3v) is 4.97. The standard InChI is InChI=1S/C21H23N5O3/c1-14-8-9-18(22-12-14)23-20(27)16-6-4-10-26(13-16)21-24-19(25-29-21)15-5-3-7-17(11-15)28-2/h3,5,7-9,11-12,16H,4,6,10,13H2,1-2H3,(H,22,23,27). The number of nitrogens with one attached hydrogen (secondary N) is 1. The minimum absolute atomic E-state index is 0.0430. The van der Waals surface area contributed by atoms with E-state index >= 15 is 0 Å². The molecule has 1 aromatic carbocycles. The molecule has 8 heteroatoms. The topological polar surface area (TPSA) is 93.4 Å². The number of aromatic nitrogens is 3. The van der Waals surface area contributed by atoms with Crippen LogP contribution >= 0.6 is 0 Å². The monoisotopic (exact) mass is 393 g/mol. The molecule has 0 radical (unpaired) electrons. The molecule has 1 aliphatic heterocycles. The van der Waals surface area contributed by atoms with Crippen LogP contribution in [0.4, 0.5) is 11.8 Å². The van der Waals surface area contributed by atoms with Gasteiger partial charge in [-0.3, -0.25) is 4.79 Å². The fourth-order valence-corrected chi connectivity index (χ4v) is 3.36. The summed E-state index contributed by atoms with van der Waals surface area (Å²) in [5, 5.41) is 6.99. The third kappa shape index (κ3) is 4.37. The molecule has 0 aliphatic carbocycles. The number of hydrogen-bond acceptors (Lipinski definition) is 7. The minimum atomic E-state index is -0.168. The Bertz CT molecular complexity index is 986. The normalized spacial score (nSPS) is 16.5. The fraction of sp³-hybridized carbons (Fsp3) is 0.333. The summed E-state index contributed by atoms with van der Waals surface area (Å²) in [5.41, 5.74) is 1.87. The van der Waals surface area contributed by atoms with Gasteiger partial charge in [0.1, 0.15) is 11.6 Å². The van der Waals surface area contributed by atoms with Crippen LogP contribution in [0.25, 0.3) is 11.4 Å². The van der Waals surface area contributed by atoms with Crippen LogP contribution in [0.5, 0.6) is 5.75 Å². The number of carbonyl (C=O) groups is 1. The average Bonchev–Trinajstić information content (AvgIpc) is 3.26. The van der Waals surface area contributed by atoms with E-state index in [1.807, 2.05) is 48.2 Å². The first-order valence-corrected chi connectivity index (χ1v) is 9.59. The number of methoxy groups -OCH3 is 1. The van der Waals surface area contributed by atoms with Crippen molar-refractivity contribution < 1.29 is 14.1 Å². The highest BCUT2D eigenvalue weighted by atomic mass is 16.5. The van der Waals surface area contributed by atoms with Gasteiger partial charge in [0.2, 0.25) is 11.7 Å². The van der Waals surface area contributed by atoms with Crippen molar-refractivity contribution in [3.63, 3.8) is 0 Å². The van der Waals surface area contributed by atoms with E-state index in [1.165, 1.54) is 0 Å². The van der Waals surface area contributed by atoms with Gasteiger partial charge in [0.15, 0.2) is 0 Å². The van der Waals surface area contributed by atoms with Gasteiger partial charge in [-0.05, 0) is 43.5 Å². The Kier molecular flexibility index (Phi) is 5.41. The number of rotatable bonds is 5. The Labute approximate surface area is 168 Å². The number of carbonyl (C=O) groups excluding carboxylic acids is 1. The lowest BCUT2D eigenvalue weighted by atomic mass is 9.97. The smallest absolute Gasteiger partial charge is 0.324 e. The first-order valence-electron chi connectivity index (χ1n) is 9.59. The molecule has 1 aliphatic rings. The number of aryl methyl sites for hydroxylation is 1. The quantitative estimate of drug-likeness (QED) is 0.711. The second-order valence-corrected chi connectivity index (χ2v) is 7.13. The summed E-state index contributed by atoms with van der Waals surface area (Å²) in [5.74, 6) is 1.58. The highest BCUT2D eigenvalue weighted by Gasteiger charge is 2.29. The molecule has 1 fully saturated rings. The molecule has 0 bridgehead atoms. The molecule has 0 spiro atoms. The summed E-state index contributed by atoms with van der Waals surface area (Å²) < 4.78 is 10.7. The molecule has 29 heavy (non-hydrogen) atoms. The van der Waals surface area contributed by atoms with E-state index in [2.05, 4.69) is 20.4 Å². The van der Waals surface area contributed by atoms with E-state index in [0.29, 0.717) is 24.2 Å². The highest BCUT2D eigenvalue weighted by molar-refractivity contribution is 5.92. The number of hydrogen-bond donors (Lipinski definition) is 1. The highest BCUT2D eigenvalue weighted by Crippen LogP contribution is 2.26. The van der Waals surface area contributed by atoms with E-state index in [9.17, 15) is 4.79 Å². The molecule has 3 heterocycles. The van der Waals surface area contributed by atoms with Crippen molar-refractivity contribution in [2.75, 3.05) is 30.4 Å². The molecule has 1 saturated heterocycles. The van der Waals surface area contributed by atoms with Crippen LogP contribution < -0.4 is 15.0 Å². The molecule has 1 unspecified atom stereocenters. The number of amides is 1. The molecule has 1 atom stereocenters. The van der Waals surface area contributed by atoms with E-state index in [4.69, 9.17) is 9.26 Å². The van der Waals surface area contributed by atoms with Crippen LogP contribution in [0.3, 0.4) is 0 Å². The Morgan fingerprint density at radius 2 is 2.21 bits per heavy atom. The van der Waals surface area contributed by atoms with Crippen molar-refractivity contribution in [2.24, 2.45) is 5.92 Å². The van der Waals surface area contributed by atoms with Gasteiger partial charge >= 0.3 is 6.01 Å². The van der Waals surface area contributed by atoms with E-state index in [-0.39, 0.29) is 11.8 Å². The molecule has 2 aromatic heterocycles. The van der Waals surface area contributed by atoms with Gasteiger partial charge in [-0.2, -0.15) is 4.98 Å². The lowest BCUT2D eigenvalue weighted by Gasteiger charge is -2.30. The Hall–Kier alpha value is -3.42. The zero-order chi connectivity index (χ0) is 20.2. The predicted octanol–water partition coefficient (Wildman–Crippen LogP) is 3.30. The average molecular weight is 393 g/mol. The van der Waals surface area contributed by atoms with Crippen LogP contribution in [0, 0.1) is 12.8 Å². The van der Waals surface area contributed by atoms with Gasteiger partial charge in [0.05, 0.1) is 13.0 Å². The van der Waals surface area contributed by atoms with Gasteiger partial charge < -0.3 is 19.5 Å². The maximum absolute atomic E-state index is 12.7. The third-order valence-electron chi connectivity index (χ3n) is 4.97. The van der Waals surface area contributed by atoms with Crippen molar-refractivity contribution in [1.29, 1.82) is 0 Å². The lowest BCUT2D eigenvalue weighted by molar-refractivity contribution is -0.120. The van der Waals surface area contributed by atoms with E-state index in [1.54, 1.807) is 13.3 Å². The minimum Gasteiger partial charge on any atom is -0.497 e. The number of piperidine rings is 1.